The molecule has 0 atom stereocenters. The van der Waals surface area contributed by atoms with Crippen molar-refractivity contribution in [3.8, 4) is 0 Å². The minimum Gasteiger partial charge on any atom is -0.427 e. The summed E-state index contributed by atoms with van der Waals surface area (Å²) in [7, 11) is -3.99. The first-order valence-corrected chi connectivity index (χ1v) is 5.47. The molecule has 8 heteroatoms. The first kappa shape index (κ1) is 13.1. The quantitative estimate of drug-likeness (QED) is 0.545. The smallest absolute Gasteiger partial charge is 0.427 e. The molecule has 0 amide bonds. The van der Waals surface area contributed by atoms with E-state index in [0.717, 1.165) is 0 Å². The molecule has 14 heavy (non-hydrogen) atoms. The van der Waals surface area contributed by atoms with Crippen LogP contribution in [0.25, 0.3) is 0 Å². The highest BCUT2D eigenvalue weighted by Gasteiger charge is 2.24. The highest BCUT2D eigenvalue weighted by Crippen LogP contribution is 2.09. The predicted molar refractivity (Wildman–Crippen MR) is 45.8 cm³/mol. The molecular weight excluding hydrogens is 214 g/mol. The Hall–Kier alpha value is -0.860. The van der Waals surface area contributed by atoms with Gasteiger partial charge in [-0.05, 0) is 20.8 Å². The van der Waals surface area contributed by atoms with E-state index in [-0.39, 0.29) is 0 Å². The summed E-state index contributed by atoms with van der Waals surface area (Å²) in [6.45, 7) is 4.70. The van der Waals surface area contributed by atoms with Gasteiger partial charge in [0.05, 0.1) is 6.26 Å². The standard InChI is InChI=1S/C6H13NO6S/c1-6(2,3)12-5(8)13-7(9)14(4,10)11/h9H,1-4H3. The number of hydrogen-bond donors (Lipinski definition) is 1. The van der Waals surface area contributed by atoms with Gasteiger partial charge in [-0.1, -0.05) is 0 Å². The molecule has 0 saturated heterocycles. The van der Waals surface area contributed by atoms with Gasteiger partial charge < -0.3 is 4.74 Å². The zero-order valence-electron chi connectivity index (χ0n) is 8.34. The molecule has 84 valence electrons. The topological polar surface area (TPSA) is 93.1 Å². The van der Waals surface area contributed by atoms with Crippen LogP contribution < -0.4 is 0 Å². The predicted octanol–water partition coefficient (Wildman–Crippen LogP) is 0.504. The number of nitrogens with zero attached hydrogens (tertiary/aromatic N) is 1. The van der Waals surface area contributed by atoms with Crippen LogP contribution in [-0.4, -0.2) is 36.3 Å². The second-order valence-corrected chi connectivity index (χ2v) is 5.30. The third kappa shape index (κ3) is 5.73. The van der Waals surface area contributed by atoms with Crippen LogP contribution >= 0.6 is 0 Å². The average molecular weight is 227 g/mol. The summed E-state index contributed by atoms with van der Waals surface area (Å²) < 4.78 is 25.2. The maximum Gasteiger partial charge on any atom is 0.531 e. The van der Waals surface area contributed by atoms with Gasteiger partial charge in [0, 0.05) is 0 Å². The maximum atomic E-state index is 10.8. The monoisotopic (exact) mass is 227 g/mol. The molecule has 0 aromatic carbocycles. The molecule has 1 N–H and O–H groups in total. The highest BCUT2D eigenvalue weighted by molar-refractivity contribution is 7.88. The molecule has 0 aliphatic carbocycles. The largest absolute Gasteiger partial charge is 0.531 e. The van der Waals surface area contributed by atoms with Gasteiger partial charge in [0.1, 0.15) is 10.2 Å². The van der Waals surface area contributed by atoms with Crippen LogP contribution in [-0.2, 0) is 19.6 Å². The zero-order chi connectivity index (χ0) is 11.6. The highest BCUT2D eigenvalue weighted by atomic mass is 32.2. The molecule has 0 fully saturated rings. The lowest BCUT2D eigenvalue weighted by molar-refractivity contribution is -0.241. The first-order valence-electron chi connectivity index (χ1n) is 3.62. The summed E-state index contributed by atoms with van der Waals surface area (Å²) >= 11 is 0. The molecule has 0 aromatic rings. The Morgan fingerprint density at radius 2 is 1.79 bits per heavy atom. The second kappa shape index (κ2) is 4.11. The van der Waals surface area contributed by atoms with E-state index < -0.39 is 26.4 Å². The number of hydrogen-bond acceptors (Lipinski definition) is 6. The summed E-state index contributed by atoms with van der Waals surface area (Å²) in [4.78, 5) is 14.7. The Morgan fingerprint density at radius 3 is 2.07 bits per heavy atom. The van der Waals surface area contributed by atoms with E-state index in [1.54, 1.807) is 20.8 Å². The molecule has 0 heterocycles. The number of carbonyl (C=O) groups excluding carboxylic acids is 1. The van der Waals surface area contributed by atoms with Crippen LogP contribution in [0.15, 0.2) is 0 Å². The van der Waals surface area contributed by atoms with E-state index in [9.17, 15) is 13.2 Å². The fourth-order valence-corrected chi connectivity index (χ4v) is 0.596. The van der Waals surface area contributed by atoms with Crippen molar-refractivity contribution in [2.24, 2.45) is 0 Å². The third-order valence-corrected chi connectivity index (χ3v) is 1.47. The molecule has 0 unspecified atom stereocenters. The van der Waals surface area contributed by atoms with E-state index >= 15 is 0 Å². The van der Waals surface area contributed by atoms with E-state index in [1.807, 2.05) is 0 Å². The molecule has 0 aliphatic heterocycles. The summed E-state index contributed by atoms with van der Waals surface area (Å²) in [5.74, 6) is 0. The molecule has 0 rings (SSSR count). The van der Waals surface area contributed by atoms with E-state index in [2.05, 4.69) is 9.57 Å². The van der Waals surface area contributed by atoms with Gasteiger partial charge in [-0.3, -0.25) is 10.0 Å². The lowest BCUT2D eigenvalue weighted by atomic mass is 10.2. The van der Waals surface area contributed by atoms with Crippen molar-refractivity contribution in [2.45, 2.75) is 26.4 Å². The van der Waals surface area contributed by atoms with Crippen molar-refractivity contribution in [1.29, 1.82) is 0 Å². The molecule has 0 aliphatic rings. The van der Waals surface area contributed by atoms with E-state index in [4.69, 9.17) is 5.21 Å². The summed E-state index contributed by atoms with van der Waals surface area (Å²) in [5, 5.41) is 8.68. The summed E-state index contributed by atoms with van der Waals surface area (Å²) in [5.41, 5.74) is -0.824. The maximum absolute atomic E-state index is 10.8. The minimum absolute atomic E-state index is 0.554. The third-order valence-electron chi connectivity index (χ3n) is 0.826. The van der Waals surface area contributed by atoms with Crippen molar-refractivity contribution < 1.29 is 28.0 Å². The van der Waals surface area contributed by atoms with Crippen molar-refractivity contribution in [1.82, 2.24) is 4.63 Å². The van der Waals surface area contributed by atoms with Crippen LogP contribution in [0.4, 0.5) is 4.79 Å². The van der Waals surface area contributed by atoms with Gasteiger partial charge in [-0.2, -0.15) is 0 Å². The fourth-order valence-electron chi connectivity index (χ4n) is 0.400. The number of ether oxygens (including phenoxy) is 1. The molecule has 0 aromatic heterocycles. The van der Waals surface area contributed by atoms with Crippen LogP contribution in [0.3, 0.4) is 0 Å². The van der Waals surface area contributed by atoms with Gasteiger partial charge >= 0.3 is 6.16 Å². The number of rotatable bonds is 2. The summed E-state index contributed by atoms with van der Waals surface area (Å²) in [6, 6.07) is 0. The van der Waals surface area contributed by atoms with Crippen LogP contribution in [0.1, 0.15) is 20.8 Å². The van der Waals surface area contributed by atoms with Crippen molar-refractivity contribution in [3.05, 3.63) is 0 Å². The van der Waals surface area contributed by atoms with Gasteiger partial charge in [0.15, 0.2) is 0 Å². The SMILES string of the molecule is CC(C)(C)OC(=O)ON(O)S(C)(=O)=O. The zero-order valence-corrected chi connectivity index (χ0v) is 9.16. The molecule has 0 bridgehead atoms. The van der Waals surface area contributed by atoms with Crippen LogP contribution in [0.5, 0.6) is 0 Å². The second-order valence-electron chi connectivity index (χ2n) is 3.53. The van der Waals surface area contributed by atoms with Crippen molar-refractivity contribution in [2.75, 3.05) is 6.26 Å². The van der Waals surface area contributed by atoms with Crippen molar-refractivity contribution >= 4 is 16.2 Å². The van der Waals surface area contributed by atoms with Crippen LogP contribution in [0.2, 0.25) is 0 Å². The fraction of sp³-hybridized carbons (Fsp3) is 0.833. The van der Waals surface area contributed by atoms with Gasteiger partial charge in [0.25, 0.3) is 10.0 Å². The van der Waals surface area contributed by atoms with E-state index in [1.165, 1.54) is 0 Å². The molecular formula is C6H13NO6S. The first-order chi connectivity index (χ1) is 6.02. The Kier molecular flexibility index (Phi) is 3.86. The molecule has 7 nitrogen and oxygen atoms in total. The average Bonchev–Trinajstić information content (AvgIpc) is 1.79. The Labute approximate surface area is 82.2 Å². The van der Waals surface area contributed by atoms with Gasteiger partial charge in [-0.25, -0.2) is 13.2 Å². The van der Waals surface area contributed by atoms with E-state index in [0.29, 0.717) is 6.26 Å². The molecule has 0 saturated carbocycles. The normalized spacial score (nSPS) is 12.7. The lowest BCUT2D eigenvalue weighted by Crippen LogP contribution is -2.33. The number of carbonyl (C=O) groups is 1. The minimum atomic E-state index is -3.99. The van der Waals surface area contributed by atoms with Crippen molar-refractivity contribution in [3.63, 3.8) is 0 Å². The Balaban J connectivity index is 4.23. The Bertz CT molecular complexity index is 303. The summed E-state index contributed by atoms with van der Waals surface area (Å²) in [6.07, 6.45) is -0.636. The van der Waals surface area contributed by atoms with Gasteiger partial charge in [0.2, 0.25) is 0 Å². The molecule has 0 spiro atoms. The number of sulfonamides is 1. The van der Waals surface area contributed by atoms with Gasteiger partial charge in [-0.15, -0.1) is 0 Å². The molecule has 0 radical (unpaired) electrons. The van der Waals surface area contributed by atoms with Crippen LogP contribution in [0, 0.1) is 0 Å². The Morgan fingerprint density at radius 1 is 1.36 bits per heavy atom. The lowest BCUT2D eigenvalue weighted by Gasteiger charge is -2.19.